The maximum absolute atomic E-state index is 10.2. The van der Waals surface area contributed by atoms with Crippen LogP contribution in [-0.2, 0) is 0 Å². The number of aliphatic hydroxyl groups is 1. The first-order chi connectivity index (χ1) is 7.56. The number of nitrogens with one attached hydrogen (secondary N) is 1. The van der Waals surface area contributed by atoms with Gasteiger partial charge in [-0.1, -0.05) is 12.1 Å². The Labute approximate surface area is 96.7 Å². The molecule has 1 fully saturated rings. The number of nitrogens with two attached hydrogens (primary N) is 1. The molecule has 0 heterocycles. The van der Waals surface area contributed by atoms with Gasteiger partial charge in [-0.2, -0.15) is 0 Å². The molecule has 0 unspecified atom stereocenters. The van der Waals surface area contributed by atoms with Crippen molar-refractivity contribution in [2.45, 2.75) is 44.6 Å². The first-order valence-electron chi connectivity index (χ1n) is 5.95. The van der Waals surface area contributed by atoms with E-state index in [4.69, 9.17) is 10.9 Å². The molecule has 0 aliphatic heterocycles. The van der Waals surface area contributed by atoms with E-state index in [0.29, 0.717) is 19.5 Å². The molecular weight excluding hydrogens is 206 g/mol. The van der Waals surface area contributed by atoms with Crippen molar-refractivity contribution < 1.29 is 10.3 Å². The molecule has 0 radical (unpaired) electrons. The van der Waals surface area contributed by atoms with Crippen molar-refractivity contribution in [3.8, 4) is 0 Å². The molecule has 1 aliphatic carbocycles. The van der Waals surface area contributed by atoms with Crippen LogP contribution in [0.3, 0.4) is 0 Å². The van der Waals surface area contributed by atoms with Crippen LogP contribution in [0.1, 0.15) is 39.0 Å². The topological polar surface area (TPSA) is 90.9 Å². The zero-order valence-corrected chi connectivity index (χ0v) is 9.95. The third kappa shape index (κ3) is 4.37. The molecule has 94 valence electrons. The minimum absolute atomic E-state index is 0.219. The van der Waals surface area contributed by atoms with Crippen LogP contribution in [0.5, 0.6) is 0 Å². The van der Waals surface area contributed by atoms with E-state index in [-0.39, 0.29) is 5.84 Å². The number of rotatable bonds is 5. The first-order valence-corrected chi connectivity index (χ1v) is 5.95. The van der Waals surface area contributed by atoms with Crippen molar-refractivity contribution in [1.82, 2.24) is 5.32 Å². The Morgan fingerprint density at radius 1 is 1.50 bits per heavy atom. The summed E-state index contributed by atoms with van der Waals surface area (Å²) in [7, 11) is 0. The van der Waals surface area contributed by atoms with Gasteiger partial charge in [0.2, 0.25) is 0 Å². The smallest absolute Gasteiger partial charge is 0.140 e. The van der Waals surface area contributed by atoms with Crippen molar-refractivity contribution in [1.29, 1.82) is 0 Å². The third-order valence-electron chi connectivity index (χ3n) is 3.35. The van der Waals surface area contributed by atoms with Crippen LogP contribution in [-0.4, -0.2) is 34.8 Å². The summed E-state index contributed by atoms with van der Waals surface area (Å²) in [5, 5.41) is 24.6. The summed E-state index contributed by atoms with van der Waals surface area (Å²) in [4.78, 5) is 0. The molecule has 0 aromatic carbocycles. The Hall–Kier alpha value is -0.810. The van der Waals surface area contributed by atoms with Gasteiger partial charge in [-0.15, -0.1) is 0 Å². The van der Waals surface area contributed by atoms with E-state index in [1.807, 2.05) is 0 Å². The van der Waals surface area contributed by atoms with Crippen LogP contribution < -0.4 is 11.1 Å². The molecule has 0 aromatic heterocycles. The van der Waals surface area contributed by atoms with Crippen molar-refractivity contribution in [3.05, 3.63) is 0 Å². The SMILES string of the molecule is CC1CCC(O)(CNCCC(N)=NO)CC1. The molecule has 0 spiro atoms. The Morgan fingerprint density at radius 2 is 2.12 bits per heavy atom. The molecule has 1 saturated carbocycles. The van der Waals surface area contributed by atoms with Crippen LogP contribution >= 0.6 is 0 Å². The zero-order chi connectivity index (χ0) is 12.0. The van der Waals surface area contributed by atoms with E-state index >= 15 is 0 Å². The standard InChI is InChI=1S/C11H23N3O2/c1-9-2-5-11(15,6-3-9)8-13-7-4-10(12)14-16/h9,13,15-16H,2-8H2,1H3,(H2,12,14). The molecule has 0 aromatic rings. The largest absolute Gasteiger partial charge is 0.409 e. The Balaban J connectivity index is 2.17. The lowest BCUT2D eigenvalue weighted by molar-refractivity contribution is -0.00576. The highest BCUT2D eigenvalue weighted by atomic mass is 16.4. The Kier molecular flexibility index (Phi) is 5.02. The van der Waals surface area contributed by atoms with E-state index in [9.17, 15) is 5.11 Å². The van der Waals surface area contributed by atoms with Crippen LogP contribution in [0.2, 0.25) is 0 Å². The fourth-order valence-corrected chi connectivity index (χ4v) is 2.06. The fourth-order valence-electron chi connectivity index (χ4n) is 2.06. The van der Waals surface area contributed by atoms with E-state index in [2.05, 4.69) is 17.4 Å². The van der Waals surface area contributed by atoms with Crippen LogP contribution in [0, 0.1) is 5.92 Å². The molecule has 5 N–H and O–H groups in total. The summed E-state index contributed by atoms with van der Waals surface area (Å²) in [6.07, 6.45) is 4.43. The van der Waals surface area contributed by atoms with Gasteiger partial charge in [-0.3, -0.25) is 0 Å². The Morgan fingerprint density at radius 3 is 2.69 bits per heavy atom. The van der Waals surface area contributed by atoms with Gasteiger partial charge in [0.25, 0.3) is 0 Å². The molecule has 0 amide bonds. The molecule has 0 bridgehead atoms. The maximum atomic E-state index is 10.2. The van der Waals surface area contributed by atoms with Crippen LogP contribution in [0.25, 0.3) is 0 Å². The van der Waals surface area contributed by atoms with Gasteiger partial charge in [-0.25, -0.2) is 0 Å². The summed E-state index contributed by atoms with van der Waals surface area (Å²) in [5.41, 5.74) is 4.78. The van der Waals surface area contributed by atoms with Gasteiger partial charge in [0.05, 0.1) is 5.60 Å². The summed E-state index contributed by atoms with van der Waals surface area (Å²) < 4.78 is 0. The molecule has 0 atom stereocenters. The zero-order valence-electron chi connectivity index (χ0n) is 9.95. The van der Waals surface area contributed by atoms with Gasteiger partial charge in [0.15, 0.2) is 0 Å². The number of hydrogen-bond acceptors (Lipinski definition) is 4. The summed E-state index contributed by atoms with van der Waals surface area (Å²) in [6.45, 7) is 3.46. The van der Waals surface area contributed by atoms with E-state index in [1.165, 1.54) is 0 Å². The minimum atomic E-state index is -0.558. The van der Waals surface area contributed by atoms with E-state index in [0.717, 1.165) is 31.6 Å². The van der Waals surface area contributed by atoms with Gasteiger partial charge in [-0.05, 0) is 31.6 Å². The summed E-state index contributed by atoms with van der Waals surface area (Å²) >= 11 is 0. The minimum Gasteiger partial charge on any atom is -0.409 e. The van der Waals surface area contributed by atoms with Gasteiger partial charge < -0.3 is 21.4 Å². The average molecular weight is 229 g/mol. The second-order valence-corrected chi connectivity index (χ2v) is 4.92. The molecular formula is C11H23N3O2. The van der Waals surface area contributed by atoms with Crippen molar-refractivity contribution in [3.63, 3.8) is 0 Å². The van der Waals surface area contributed by atoms with Crippen molar-refractivity contribution >= 4 is 5.84 Å². The van der Waals surface area contributed by atoms with Gasteiger partial charge in [0.1, 0.15) is 5.84 Å². The third-order valence-corrected chi connectivity index (χ3v) is 3.35. The van der Waals surface area contributed by atoms with Gasteiger partial charge >= 0.3 is 0 Å². The number of nitrogens with zero attached hydrogens (tertiary/aromatic N) is 1. The van der Waals surface area contributed by atoms with Crippen molar-refractivity contribution in [2.75, 3.05) is 13.1 Å². The summed E-state index contributed by atoms with van der Waals surface area (Å²) in [6, 6.07) is 0. The lowest BCUT2D eigenvalue weighted by Crippen LogP contribution is -2.44. The molecule has 1 aliphatic rings. The monoisotopic (exact) mass is 229 g/mol. The average Bonchev–Trinajstić information content (AvgIpc) is 2.29. The highest BCUT2D eigenvalue weighted by molar-refractivity contribution is 5.79. The second kappa shape index (κ2) is 6.06. The molecule has 5 nitrogen and oxygen atoms in total. The second-order valence-electron chi connectivity index (χ2n) is 4.92. The molecule has 0 saturated heterocycles. The summed E-state index contributed by atoms with van der Waals surface area (Å²) in [5.74, 6) is 0.953. The lowest BCUT2D eigenvalue weighted by atomic mass is 9.79. The normalized spacial score (nSPS) is 31.6. The predicted octanol–water partition coefficient (Wildman–Crippen LogP) is 0.654. The highest BCUT2D eigenvalue weighted by Gasteiger charge is 2.31. The number of oxime groups is 1. The fraction of sp³-hybridized carbons (Fsp3) is 0.909. The highest BCUT2D eigenvalue weighted by Crippen LogP contribution is 2.31. The number of amidine groups is 1. The lowest BCUT2D eigenvalue weighted by Gasteiger charge is -2.35. The van der Waals surface area contributed by atoms with Gasteiger partial charge in [0, 0.05) is 19.5 Å². The van der Waals surface area contributed by atoms with E-state index in [1.54, 1.807) is 0 Å². The first kappa shape index (κ1) is 13.3. The number of hydrogen-bond donors (Lipinski definition) is 4. The van der Waals surface area contributed by atoms with Crippen LogP contribution in [0.4, 0.5) is 0 Å². The van der Waals surface area contributed by atoms with Crippen LogP contribution in [0.15, 0.2) is 5.16 Å². The maximum Gasteiger partial charge on any atom is 0.140 e. The van der Waals surface area contributed by atoms with E-state index < -0.39 is 5.60 Å². The predicted molar refractivity (Wildman–Crippen MR) is 63.5 cm³/mol. The molecule has 5 heteroatoms. The molecule has 1 rings (SSSR count). The quantitative estimate of drug-likeness (QED) is 0.183. The Bertz CT molecular complexity index is 235. The van der Waals surface area contributed by atoms with Crippen molar-refractivity contribution in [2.24, 2.45) is 16.8 Å². The molecule has 16 heavy (non-hydrogen) atoms.